The Morgan fingerprint density at radius 3 is 2.62 bits per heavy atom. The third kappa shape index (κ3) is 2.40. The number of hydrogen-bond donors (Lipinski definition) is 1. The van der Waals surface area contributed by atoms with Crippen molar-refractivity contribution in [2.24, 2.45) is 7.05 Å². The Labute approximate surface area is 123 Å². The summed E-state index contributed by atoms with van der Waals surface area (Å²) in [5.74, 6) is 1.42. The van der Waals surface area contributed by atoms with Crippen molar-refractivity contribution in [1.29, 1.82) is 0 Å². The van der Waals surface area contributed by atoms with Crippen LogP contribution in [0.2, 0.25) is 0 Å². The van der Waals surface area contributed by atoms with E-state index in [0.717, 1.165) is 22.5 Å². The molecule has 1 N–H and O–H groups in total. The summed E-state index contributed by atoms with van der Waals surface area (Å²) in [7, 11) is 5.73. The molecule has 0 fully saturated rings. The average Bonchev–Trinajstić information content (AvgIpc) is 2.83. The van der Waals surface area contributed by atoms with E-state index in [1.165, 1.54) is 5.56 Å². The van der Waals surface area contributed by atoms with Crippen molar-refractivity contribution in [3.8, 4) is 0 Å². The number of anilines is 3. The summed E-state index contributed by atoms with van der Waals surface area (Å²) in [4.78, 5) is 11.0. The second-order valence-electron chi connectivity index (χ2n) is 5.21. The van der Waals surface area contributed by atoms with Gasteiger partial charge in [-0.2, -0.15) is 15.1 Å². The van der Waals surface area contributed by atoms with E-state index in [9.17, 15) is 0 Å². The van der Waals surface area contributed by atoms with Gasteiger partial charge in [0.25, 0.3) is 0 Å². The van der Waals surface area contributed by atoms with Crippen molar-refractivity contribution in [1.82, 2.24) is 19.7 Å². The molecule has 0 spiro atoms. The van der Waals surface area contributed by atoms with Gasteiger partial charge in [-0.15, -0.1) is 0 Å². The van der Waals surface area contributed by atoms with Gasteiger partial charge in [-0.3, -0.25) is 4.68 Å². The summed E-state index contributed by atoms with van der Waals surface area (Å²) in [6.45, 7) is 2.07. The summed E-state index contributed by atoms with van der Waals surface area (Å²) in [6, 6.07) is 8.13. The third-order valence-electron chi connectivity index (χ3n) is 3.38. The van der Waals surface area contributed by atoms with E-state index in [1.54, 1.807) is 10.9 Å². The first kappa shape index (κ1) is 13.4. The van der Waals surface area contributed by atoms with Gasteiger partial charge in [-0.05, 0) is 18.6 Å². The van der Waals surface area contributed by atoms with Crippen LogP contribution in [-0.4, -0.2) is 33.8 Å². The molecular formula is C15H18N6. The number of aryl methyl sites for hydroxylation is 2. The predicted molar refractivity (Wildman–Crippen MR) is 85.1 cm³/mol. The Bertz CT molecular complexity index is 790. The number of benzene rings is 1. The summed E-state index contributed by atoms with van der Waals surface area (Å²) in [5.41, 5.74) is 3.01. The second kappa shape index (κ2) is 5.05. The molecule has 0 atom stereocenters. The van der Waals surface area contributed by atoms with Crippen LogP contribution >= 0.6 is 0 Å². The fraction of sp³-hybridized carbons (Fsp3) is 0.267. The maximum atomic E-state index is 4.60. The standard InChI is InChI=1S/C15H18N6/c1-10-7-5-6-8-12(10)17-13-11-9-16-21(4)14(11)19-15(18-13)20(2)3/h5-9H,1-4H3,(H,17,18,19). The van der Waals surface area contributed by atoms with E-state index in [0.29, 0.717) is 5.95 Å². The largest absolute Gasteiger partial charge is 0.347 e. The lowest BCUT2D eigenvalue weighted by molar-refractivity contribution is 0.784. The average molecular weight is 282 g/mol. The Hall–Kier alpha value is -2.63. The van der Waals surface area contributed by atoms with Crippen molar-refractivity contribution in [3.63, 3.8) is 0 Å². The molecule has 2 aromatic heterocycles. The zero-order valence-corrected chi connectivity index (χ0v) is 12.6. The highest BCUT2D eigenvalue weighted by Gasteiger charge is 2.13. The van der Waals surface area contributed by atoms with Gasteiger partial charge in [0.15, 0.2) is 5.65 Å². The maximum absolute atomic E-state index is 4.60. The Balaban J connectivity index is 2.15. The normalized spacial score (nSPS) is 10.9. The third-order valence-corrected chi connectivity index (χ3v) is 3.38. The van der Waals surface area contributed by atoms with Crippen LogP contribution in [0.1, 0.15) is 5.56 Å². The van der Waals surface area contributed by atoms with Gasteiger partial charge in [0, 0.05) is 26.8 Å². The van der Waals surface area contributed by atoms with E-state index < -0.39 is 0 Å². The topological polar surface area (TPSA) is 58.9 Å². The van der Waals surface area contributed by atoms with Gasteiger partial charge in [0.05, 0.1) is 11.6 Å². The zero-order chi connectivity index (χ0) is 15.0. The zero-order valence-electron chi connectivity index (χ0n) is 12.6. The number of rotatable bonds is 3. The molecule has 0 saturated heterocycles. The Kier molecular flexibility index (Phi) is 3.21. The molecule has 0 aliphatic heterocycles. The lowest BCUT2D eigenvalue weighted by Crippen LogP contribution is -2.14. The lowest BCUT2D eigenvalue weighted by atomic mass is 10.2. The molecule has 6 heteroatoms. The van der Waals surface area contributed by atoms with Crippen LogP contribution in [0.3, 0.4) is 0 Å². The molecule has 6 nitrogen and oxygen atoms in total. The summed E-state index contributed by atoms with van der Waals surface area (Å²) in [5, 5.41) is 8.58. The van der Waals surface area contributed by atoms with Crippen molar-refractivity contribution in [3.05, 3.63) is 36.0 Å². The van der Waals surface area contributed by atoms with Crippen LogP contribution in [0.5, 0.6) is 0 Å². The number of fused-ring (bicyclic) bond motifs is 1. The van der Waals surface area contributed by atoms with Crippen molar-refractivity contribution in [2.75, 3.05) is 24.3 Å². The Morgan fingerprint density at radius 2 is 1.90 bits per heavy atom. The summed E-state index contributed by atoms with van der Waals surface area (Å²) >= 11 is 0. The van der Waals surface area contributed by atoms with Gasteiger partial charge in [0.1, 0.15) is 5.82 Å². The fourth-order valence-corrected chi connectivity index (χ4v) is 2.15. The number of hydrogen-bond acceptors (Lipinski definition) is 5. The van der Waals surface area contributed by atoms with Crippen LogP contribution in [0.25, 0.3) is 11.0 Å². The Morgan fingerprint density at radius 1 is 1.14 bits per heavy atom. The SMILES string of the molecule is Cc1ccccc1Nc1nc(N(C)C)nc2c1cnn2C. The number of para-hydroxylation sites is 1. The molecule has 0 aliphatic carbocycles. The number of aromatic nitrogens is 4. The van der Waals surface area contributed by atoms with E-state index in [-0.39, 0.29) is 0 Å². The molecule has 0 aliphatic rings. The highest BCUT2D eigenvalue weighted by molar-refractivity contribution is 5.89. The van der Waals surface area contributed by atoms with Crippen molar-refractivity contribution in [2.45, 2.75) is 6.92 Å². The van der Waals surface area contributed by atoms with E-state index >= 15 is 0 Å². The highest BCUT2D eigenvalue weighted by Crippen LogP contribution is 2.26. The van der Waals surface area contributed by atoms with Gasteiger partial charge < -0.3 is 10.2 Å². The van der Waals surface area contributed by atoms with E-state index in [4.69, 9.17) is 0 Å². The fourth-order valence-electron chi connectivity index (χ4n) is 2.15. The van der Waals surface area contributed by atoms with E-state index in [2.05, 4.69) is 33.4 Å². The quantitative estimate of drug-likeness (QED) is 0.799. The first-order valence-electron chi connectivity index (χ1n) is 6.76. The molecular weight excluding hydrogens is 264 g/mol. The van der Waals surface area contributed by atoms with Gasteiger partial charge >= 0.3 is 0 Å². The molecule has 0 bridgehead atoms. The van der Waals surface area contributed by atoms with Gasteiger partial charge in [-0.25, -0.2) is 0 Å². The summed E-state index contributed by atoms with van der Waals surface area (Å²) < 4.78 is 1.76. The second-order valence-corrected chi connectivity index (χ2v) is 5.21. The van der Waals surface area contributed by atoms with Gasteiger partial charge in [0.2, 0.25) is 5.95 Å². The molecule has 2 heterocycles. The molecule has 1 aromatic carbocycles. The summed E-state index contributed by atoms with van der Waals surface area (Å²) in [6.07, 6.45) is 1.79. The molecule has 108 valence electrons. The lowest BCUT2D eigenvalue weighted by Gasteiger charge is -2.14. The van der Waals surface area contributed by atoms with Gasteiger partial charge in [-0.1, -0.05) is 18.2 Å². The maximum Gasteiger partial charge on any atom is 0.228 e. The first-order valence-corrected chi connectivity index (χ1v) is 6.76. The van der Waals surface area contributed by atoms with Crippen molar-refractivity contribution >= 4 is 28.5 Å². The molecule has 0 saturated carbocycles. The van der Waals surface area contributed by atoms with Crippen molar-refractivity contribution < 1.29 is 0 Å². The van der Waals surface area contributed by atoms with Crippen LogP contribution in [0, 0.1) is 6.92 Å². The van der Waals surface area contributed by atoms with Crippen LogP contribution in [0.4, 0.5) is 17.5 Å². The monoisotopic (exact) mass is 282 g/mol. The van der Waals surface area contributed by atoms with Crippen LogP contribution < -0.4 is 10.2 Å². The first-order chi connectivity index (χ1) is 10.1. The number of nitrogens with one attached hydrogen (secondary N) is 1. The molecule has 3 aromatic rings. The van der Waals surface area contributed by atoms with Crippen LogP contribution in [-0.2, 0) is 7.05 Å². The number of nitrogens with zero attached hydrogens (tertiary/aromatic N) is 5. The molecule has 3 rings (SSSR count). The highest BCUT2D eigenvalue weighted by atomic mass is 15.3. The molecule has 0 unspecified atom stereocenters. The predicted octanol–water partition coefficient (Wildman–Crippen LogP) is 2.48. The van der Waals surface area contributed by atoms with E-state index in [1.807, 2.05) is 44.2 Å². The minimum atomic E-state index is 0.655. The minimum absolute atomic E-state index is 0.655. The molecule has 0 radical (unpaired) electrons. The smallest absolute Gasteiger partial charge is 0.228 e. The molecule has 0 amide bonds. The molecule has 21 heavy (non-hydrogen) atoms. The van der Waals surface area contributed by atoms with Crippen LogP contribution in [0.15, 0.2) is 30.5 Å². The minimum Gasteiger partial charge on any atom is -0.347 e.